The Balaban J connectivity index is 3.89. The number of ketones is 1. The summed E-state index contributed by atoms with van der Waals surface area (Å²) < 4.78 is 0. The van der Waals surface area contributed by atoms with E-state index in [1.54, 1.807) is 13.8 Å². The number of hydrogen-bond acceptors (Lipinski definition) is 3. The SMILES string of the molecule is CC(C)C(=O)C(=O)NO. The van der Waals surface area contributed by atoms with Crippen LogP contribution in [-0.2, 0) is 9.59 Å². The number of Topliss-reactive ketones (excluding diaryl/α,β-unsaturated/α-hetero) is 1. The maximum absolute atomic E-state index is 10.5. The van der Waals surface area contributed by atoms with Crippen molar-refractivity contribution in [1.82, 2.24) is 5.48 Å². The second-order valence-electron chi connectivity index (χ2n) is 1.96. The summed E-state index contributed by atoms with van der Waals surface area (Å²) in [5.41, 5.74) is 1.26. The average molecular weight is 131 g/mol. The van der Waals surface area contributed by atoms with Crippen LogP contribution in [0.25, 0.3) is 0 Å². The van der Waals surface area contributed by atoms with Gasteiger partial charge in [-0.1, -0.05) is 13.8 Å². The summed E-state index contributed by atoms with van der Waals surface area (Å²) in [6, 6.07) is 0. The first-order valence-electron chi connectivity index (χ1n) is 2.58. The normalized spacial score (nSPS) is 9.33. The molecule has 0 bridgehead atoms. The second kappa shape index (κ2) is 3.19. The van der Waals surface area contributed by atoms with Gasteiger partial charge in [-0.05, 0) is 0 Å². The van der Waals surface area contributed by atoms with Crippen LogP contribution in [0.2, 0.25) is 0 Å². The monoisotopic (exact) mass is 131 g/mol. The first-order chi connectivity index (χ1) is 4.09. The third-order valence-electron chi connectivity index (χ3n) is 0.850. The zero-order chi connectivity index (χ0) is 7.44. The molecular formula is C5H9NO3. The highest BCUT2D eigenvalue weighted by atomic mass is 16.5. The van der Waals surface area contributed by atoms with Crippen molar-refractivity contribution in [2.75, 3.05) is 0 Å². The summed E-state index contributed by atoms with van der Waals surface area (Å²) >= 11 is 0. The van der Waals surface area contributed by atoms with Crippen LogP contribution in [0.1, 0.15) is 13.8 Å². The van der Waals surface area contributed by atoms with Crippen LogP contribution >= 0.6 is 0 Å². The molecule has 0 fully saturated rings. The van der Waals surface area contributed by atoms with Gasteiger partial charge in [0.25, 0.3) is 0 Å². The molecule has 52 valence electrons. The average Bonchev–Trinajstić information content (AvgIpc) is 1.84. The number of rotatable bonds is 2. The first-order valence-corrected chi connectivity index (χ1v) is 2.58. The van der Waals surface area contributed by atoms with Crippen LogP contribution in [0.5, 0.6) is 0 Å². The summed E-state index contributed by atoms with van der Waals surface area (Å²) in [5, 5.41) is 7.93. The fourth-order valence-corrected chi connectivity index (χ4v) is 0.317. The van der Waals surface area contributed by atoms with Crippen molar-refractivity contribution in [3.05, 3.63) is 0 Å². The Morgan fingerprint density at radius 1 is 1.44 bits per heavy atom. The van der Waals surface area contributed by atoms with Gasteiger partial charge in [0.2, 0.25) is 5.78 Å². The summed E-state index contributed by atoms with van der Waals surface area (Å²) in [6.07, 6.45) is 0. The molecule has 0 spiro atoms. The Hall–Kier alpha value is -0.900. The highest BCUT2D eigenvalue weighted by Gasteiger charge is 2.15. The highest BCUT2D eigenvalue weighted by molar-refractivity contribution is 6.36. The molecule has 4 nitrogen and oxygen atoms in total. The first kappa shape index (κ1) is 8.10. The standard InChI is InChI=1S/C5H9NO3/c1-3(2)4(7)5(8)6-9/h3,9H,1-2H3,(H,6,8). The van der Waals surface area contributed by atoms with Gasteiger partial charge in [0.1, 0.15) is 0 Å². The minimum absolute atomic E-state index is 0.364. The van der Waals surface area contributed by atoms with E-state index in [0.29, 0.717) is 0 Å². The Bertz CT molecular complexity index is 130. The van der Waals surface area contributed by atoms with Gasteiger partial charge in [-0.2, -0.15) is 0 Å². The minimum atomic E-state index is -0.954. The molecule has 2 N–H and O–H groups in total. The Morgan fingerprint density at radius 2 is 1.89 bits per heavy atom. The molecule has 0 aliphatic carbocycles. The lowest BCUT2D eigenvalue weighted by Gasteiger charge is -1.98. The fraction of sp³-hybridized carbons (Fsp3) is 0.600. The van der Waals surface area contributed by atoms with E-state index in [0.717, 1.165) is 0 Å². The molecule has 0 aromatic heterocycles. The molecule has 0 saturated heterocycles. The number of carbonyl (C=O) groups is 2. The number of amides is 1. The molecule has 9 heavy (non-hydrogen) atoms. The van der Waals surface area contributed by atoms with Crippen LogP contribution in [0.4, 0.5) is 0 Å². The van der Waals surface area contributed by atoms with Crippen LogP contribution < -0.4 is 5.48 Å². The van der Waals surface area contributed by atoms with E-state index >= 15 is 0 Å². The molecule has 0 aliphatic heterocycles. The number of carbonyl (C=O) groups excluding carboxylic acids is 2. The predicted octanol–water partition coefficient (Wildman–Crippen LogP) is -0.283. The van der Waals surface area contributed by atoms with Crippen molar-refractivity contribution in [1.29, 1.82) is 0 Å². The molecule has 0 saturated carbocycles. The van der Waals surface area contributed by atoms with Crippen molar-refractivity contribution in [2.24, 2.45) is 5.92 Å². The van der Waals surface area contributed by atoms with Crippen LogP contribution in [0, 0.1) is 5.92 Å². The van der Waals surface area contributed by atoms with Gasteiger partial charge in [-0.3, -0.25) is 14.8 Å². The Labute approximate surface area is 52.8 Å². The van der Waals surface area contributed by atoms with Crippen LogP contribution in [0.3, 0.4) is 0 Å². The summed E-state index contributed by atoms with van der Waals surface area (Å²) in [7, 11) is 0. The zero-order valence-corrected chi connectivity index (χ0v) is 5.34. The van der Waals surface area contributed by atoms with Gasteiger partial charge in [0, 0.05) is 5.92 Å². The molecule has 0 unspecified atom stereocenters. The topological polar surface area (TPSA) is 66.4 Å². The van der Waals surface area contributed by atoms with E-state index in [1.165, 1.54) is 5.48 Å². The van der Waals surface area contributed by atoms with Crippen molar-refractivity contribution < 1.29 is 14.8 Å². The minimum Gasteiger partial charge on any atom is -0.288 e. The molecule has 0 atom stereocenters. The highest BCUT2D eigenvalue weighted by Crippen LogP contribution is 1.92. The summed E-state index contributed by atoms with van der Waals surface area (Å²) in [5.74, 6) is -1.93. The van der Waals surface area contributed by atoms with E-state index in [2.05, 4.69) is 0 Å². The maximum Gasteiger partial charge on any atom is 0.310 e. The second-order valence-corrected chi connectivity index (χ2v) is 1.96. The number of nitrogens with one attached hydrogen (secondary N) is 1. The van der Waals surface area contributed by atoms with E-state index in [1.807, 2.05) is 0 Å². The quantitative estimate of drug-likeness (QED) is 0.307. The Morgan fingerprint density at radius 3 is 2.00 bits per heavy atom. The van der Waals surface area contributed by atoms with Crippen molar-refractivity contribution >= 4 is 11.7 Å². The molecule has 4 heteroatoms. The molecule has 0 rings (SSSR count). The third kappa shape index (κ3) is 2.23. The molecule has 0 aromatic carbocycles. The smallest absolute Gasteiger partial charge is 0.288 e. The predicted molar refractivity (Wildman–Crippen MR) is 29.8 cm³/mol. The van der Waals surface area contributed by atoms with E-state index < -0.39 is 11.7 Å². The summed E-state index contributed by atoms with van der Waals surface area (Å²) in [6.45, 7) is 3.16. The Kier molecular flexibility index (Phi) is 2.87. The van der Waals surface area contributed by atoms with Gasteiger partial charge in [-0.15, -0.1) is 0 Å². The lowest BCUT2D eigenvalue weighted by Crippen LogP contribution is -2.31. The van der Waals surface area contributed by atoms with E-state index in [9.17, 15) is 9.59 Å². The molecule has 0 aliphatic rings. The summed E-state index contributed by atoms with van der Waals surface area (Å²) in [4.78, 5) is 20.7. The molecule has 1 amide bonds. The molecule has 0 heterocycles. The number of hydrogen-bond donors (Lipinski definition) is 2. The lowest BCUT2D eigenvalue weighted by atomic mass is 10.1. The molecule has 0 radical (unpaired) electrons. The lowest BCUT2D eigenvalue weighted by molar-refractivity contribution is -0.144. The van der Waals surface area contributed by atoms with Gasteiger partial charge in [-0.25, -0.2) is 5.48 Å². The van der Waals surface area contributed by atoms with Gasteiger partial charge in [0.15, 0.2) is 0 Å². The maximum atomic E-state index is 10.5. The molecular weight excluding hydrogens is 122 g/mol. The van der Waals surface area contributed by atoms with Gasteiger partial charge >= 0.3 is 5.91 Å². The fourth-order valence-electron chi connectivity index (χ4n) is 0.317. The van der Waals surface area contributed by atoms with Crippen LogP contribution in [-0.4, -0.2) is 16.9 Å². The van der Waals surface area contributed by atoms with Crippen LogP contribution in [0.15, 0.2) is 0 Å². The third-order valence-corrected chi connectivity index (χ3v) is 0.850. The largest absolute Gasteiger partial charge is 0.310 e. The van der Waals surface area contributed by atoms with E-state index in [-0.39, 0.29) is 5.92 Å². The van der Waals surface area contributed by atoms with Crippen molar-refractivity contribution in [3.63, 3.8) is 0 Å². The van der Waals surface area contributed by atoms with Crippen molar-refractivity contribution in [2.45, 2.75) is 13.8 Å². The van der Waals surface area contributed by atoms with Gasteiger partial charge < -0.3 is 0 Å². The van der Waals surface area contributed by atoms with E-state index in [4.69, 9.17) is 5.21 Å². The van der Waals surface area contributed by atoms with Crippen molar-refractivity contribution in [3.8, 4) is 0 Å². The van der Waals surface area contributed by atoms with Gasteiger partial charge in [0.05, 0.1) is 0 Å². The number of hydroxylamine groups is 1. The zero-order valence-electron chi connectivity index (χ0n) is 5.34. The molecule has 0 aromatic rings.